The molecule has 1 saturated heterocycles. The molecule has 3 heterocycles. The fourth-order valence-electron chi connectivity index (χ4n) is 4.40. The molecule has 1 N–H and O–H groups in total. The van der Waals surface area contributed by atoms with Crippen molar-refractivity contribution in [1.29, 1.82) is 0 Å². The van der Waals surface area contributed by atoms with Crippen LogP contribution in [-0.2, 0) is 4.74 Å². The smallest absolute Gasteiger partial charge is 0.341 e. The normalized spacial score (nSPS) is 18.5. The lowest BCUT2D eigenvalue weighted by atomic mass is 9.86. The van der Waals surface area contributed by atoms with Crippen molar-refractivity contribution in [3.8, 4) is 17.0 Å². The van der Waals surface area contributed by atoms with Crippen molar-refractivity contribution in [2.24, 2.45) is 5.41 Å². The highest BCUT2D eigenvalue weighted by molar-refractivity contribution is 6.32. The Labute approximate surface area is 179 Å². The van der Waals surface area contributed by atoms with Gasteiger partial charge in [0.05, 0.1) is 23.4 Å². The average molecular weight is 433 g/mol. The average Bonchev–Trinajstić information content (AvgIpc) is 3.00. The molecule has 0 bridgehead atoms. The van der Waals surface area contributed by atoms with Crippen molar-refractivity contribution in [2.45, 2.75) is 32.7 Å². The van der Waals surface area contributed by atoms with Crippen molar-refractivity contribution < 1.29 is 19.4 Å². The van der Waals surface area contributed by atoms with E-state index in [1.165, 1.54) is 12.3 Å². The van der Waals surface area contributed by atoms with Gasteiger partial charge in [-0.1, -0.05) is 25.4 Å². The SMILES string of the molecule is COCCCOc1cc2c(cc1Cl)-c1cc(=O)c(C(=O)O)cn1N1CC(C)(C)C[C@@H]21. The molecule has 2 aliphatic rings. The first-order valence-corrected chi connectivity index (χ1v) is 10.3. The first-order chi connectivity index (χ1) is 14.2. The van der Waals surface area contributed by atoms with Crippen LogP contribution < -0.4 is 15.2 Å². The van der Waals surface area contributed by atoms with E-state index in [0.29, 0.717) is 29.7 Å². The number of ether oxygens (including phenoxy) is 2. The van der Waals surface area contributed by atoms with Crippen molar-refractivity contribution in [3.05, 3.63) is 50.8 Å². The van der Waals surface area contributed by atoms with Crippen LogP contribution in [0, 0.1) is 5.41 Å². The van der Waals surface area contributed by atoms with Gasteiger partial charge in [-0.3, -0.25) is 9.47 Å². The fourth-order valence-corrected chi connectivity index (χ4v) is 4.62. The van der Waals surface area contributed by atoms with Gasteiger partial charge in [0.1, 0.15) is 11.3 Å². The zero-order valence-corrected chi connectivity index (χ0v) is 18.0. The number of carboxylic acids is 1. The Morgan fingerprint density at radius 2 is 2.07 bits per heavy atom. The minimum Gasteiger partial charge on any atom is -0.492 e. The predicted molar refractivity (Wildman–Crippen MR) is 114 cm³/mol. The molecular formula is C22H25ClN2O5. The topological polar surface area (TPSA) is 81.0 Å². The first-order valence-electron chi connectivity index (χ1n) is 9.94. The van der Waals surface area contributed by atoms with Gasteiger partial charge >= 0.3 is 5.97 Å². The Hall–Kier alpha value is -2.51. The monoisotopic (exact) mass is 432 g/mol. The Morgan fingerprint density at radius 3 is 2.77 bits per heavy atom. The van der Waals surface area contributed by atoms with E-state index in [9.17, 15) is 14.7 Å². The molecule has 160 valence electrons. The van der Waals surface area contributed by atoms with Gasteiger partial charge < -0.3 is 19.6 Å². The number of fused-ring (bicyclic) bond motifs is 6. The second kappa shape index (κ2) is 7.63. The van der Waals surface area contributed by atoms with Crippen LogP contribution in [0.4, 0.5) is 0 Å². The summed E-state index contributed by atoms with van der Waals surface area (Å²) in [6, 6.07) is 5.20. The lowest BCUT2D eigenvalue weighted by molar-refractivity contribution is 0.0694. The molecule has 1 fully saturated rings. The maximum atomic E-state index is 12.4. The summed E-state index contributed by atoms with van der Waals surface area (Å²) in [4.78, 5) is 24.0. The molecular weight excluding hydrogens is 408 g/mol. The lowest BCUT2D eigenvalue weighted by Gasteiger charge is -2.38. The highest BCUT2D eigenvalue weighted by Gasteiger charge is 2.43. The fraction of sp³-hybridized carbons (Fsp3) is 0.455. The number of hydrogen-bond acceptors (Lipinski definition) is 5. The van der Waals surface area contributed by atoms with E-state index in [1.54, 1.807) is 7.11 Å². The summed E-state index contributed by atoms with van der Waals surface area (Å²) in [6.07, 6.45) is 3.07. The van der Waals surface area contributed by atoms with Crippen molar-refractivity contribution in [1.82, 2.24) is 4.68 Å². The number of carboxylic acid groups (broad SMARTS) is 1. The minimum atomic E-state index is -1.23. The van der Waals surface area contributed by atoms with Crippen LogP contribution in [0.1, 0.15) is 48.7 Å². The van der Waals surface area contributed by atoms with Gasteiger partial charge in [-0.2, -0.15) is 0 Å². The highest BCUT2D eigenvalue weighted by atomic mass is 35.5. The second-order valence-corrected chi connectivity index (χ2v) is 9.04. The molecule has 30 heavy (non-hydrogen) atoms. The van der Waals surface area contributed by atoms with E-state index in [0.717, 1.165) is 30.5 Å². The summed E-state index contributed by atoms with van der Waals surface area (Å²) >= 11 is 6.51. The highest BCUT2D eigenvalue weighted by Crippen LogP contribution is 2.49. The number of benzene rings is 1. The molecule has 1 atom stereocenters. The summed E-state index contributed by atoms with van der Waals surface area (Å²) in [7, 11) is 1.65. The van der Waals surface area contributed by atoms with Crippen LogP contribution in [0.2, 0.25) is 5.02 Å². The van der Waals surface area contributed by atoms with Gasteiger partial charge in [-0.25, -0.2) is 4.79 Å². The number of aromatic nitrogens is 1. The molecule has 0 unspecified atom stereocenters. The molecule has 0 spiro atoms. The predicted octanol–water partition coefficient (Wildman–Crippen LogP) is 3.70. The number of aromatic carboxylic acids is 1. The molecule has 4 rings (SSSR count). The molecule has 0 amide bonds. The summed E-state index contributed by atoms with van der Waals surface area (Å²) in [5.41, 5.74) is 1.77. The third kappa shape index (κ3) is 3.56. The molecule has 0 radical (unpaired) electrons. The molecule has 2 aromatic rings. The van der Waals surface area contributed by atoms with Gasteiger partial charge in [0.25, 0.3) is 0 Å². The van der Waals surface area contributed by atoms with Crippen LogP contribution in [-0.4, -0.2) is 42.6 Å². The maximum Gasteiger partial charge on any atom is 0.341 e. The Balaban J connectivity index is 1.84. The summed E-state index contributed by atoms with van der Waals surface area (Å²) < 4.78 is 12.8. The Kier molecular flexibility index (Phi) is 5.28. The maximum absolute atomic E-state index is 12.4. The summed E-state index contributed by atoms with van der Waals surface area (Å²) in [5, 5.41) is 12.0. The Bertz CT molecular complexity index is 1060. The van der Waals surface area contributed by atoms with E-state index in [4.69, 9.17) is 21.1 Å². The van der Waals surface area contributed by atoms with Crippen LogP contribution in [0.15, 0.2) is 29.2 Å². The third-order valence-electron chi connectivity index (χ3n) is 5.72. The quantitative estimate of drug-likeness (QED) is 0.701. The number of methoxy groups -OCH3 is 1. The zero-order chi connectivity index (χ0) is 21.6. The van der Waals surface area contributed by atoms with Gasteiger partial charge in [-0.05, 0) is 29.5 Å². The summed E-state index contributed by atoms with van der Waals surface area (Å²) in [6.45, 7) is 6.20. The van der Waals surface area contributed by atoms with E-state index >= 15 is 0 Å². The third-order valence-corrected chi connectivity index (χ3v) is 6.02. The van der Waals surface area contributed by atoms with E-state index in [2.05, 4.69) is 18.9 Å². The van der Waals surface area contributed by atoms with E-state index in [-0.39, 0.29) is 17.0 Å². The zero-order valence-electron chi connectivity index (χ0n) is 17.3. The van der Waals surface area contributed by atoms with Gasteiger partial charge in [0.15, 0.2) is 5.43 Å². The molecule has 1 aromatic heterocycles. The van der Waals surface area contributed by atoms with Crippen LogP contribution in [0.3, 0.4) is 0 Å². The number of nitrogens with zero attached hydrogens (tertiary/aromatic N) is 2. The summed E-state index contributed by atoms with van der Waals surface area (Å²) in [5.74, 6) is -0.622. The second-order valence-electron chi connectivity index (χ2n) is 8.63. The molecule has 0 aliphatic carbocycles. The number of rotatable bonds is 6. The van der Waals surface area contributed by atoms with Crippen LogP contribution in [0.25, 0.3) is 11.3 Å². The molecule has 8 heteroatoms. The van der Waals surface area contributed by atoms with Gasteiger partial charge in [0.2, 0.25) is 0 Å². The van der Waals surface area contributed by atoms with E-state index < -0.39 is 11.4 Å². The van der Waals surface area contributed by atoms with Crippen molar-refractivity contribution >= 4 is 17.6 Å². The van der Waals surface area contributed by atoms with E-state index in [1.807, 2.05) is 16.8 Å². The number of carbonyl (C=O) groups is 1. The van der Waals surface area contributed by atoms with Gasteiger partial charge in [0, 0.05) is 44.5 Å². The largest absolute Gasteiger partial charge is 0.492 e. The van der Waals surface area contributed by atoms with Crippen molar-refractivity contribution in [2.75, 3.05) is 31.9 Å². The first kappa shape index (κ1) is 20.8. The molecule has 1 aromatic carbocycles. The molecule has 0 saturated carbocycles. The minimum absolute atomic E-state index is 0.0230. The van der Waals surface area contributed by atoms with Crippen LogP contribution >= 0.6 is 11.6 Å². The lowest BCUT2D eigenvalue weighted by Crippen LogP contribution is -2.40. The molecule has 7 nitrogen and oxygen atoms in total. The standard InChI is InChI=1S/C22H25ClN2O5/c1-22(2)10-18-14-8-20(30-6-4-5-29-3)16(23)7-13(14)17-9-19(26)15(21(27)28)11-24(17)25(18)12-22/h7-9,11,18H,4-6,10,12H2,1-3H3,(H,27,28)/t18-/m0/s1. The number of halogens is 1. The number of pyridine rings is 1. The van der Waals surface area contributed by atoms with Crippen LogP contribution in [0.5, 0.6) is 5.75 Å². The Morgan fingerprint density at radius 1 is 1.30 bits per heavy atom. The molecule has 2 aliphatic heterocycles. The van der Waals surface area contributed by atoms with Gasteiger partial charge in [-0.15, -0.1) is 0 Å². The van der Waals surface area contributed by atoms with Crippen molar-refractivity contribution in [3.63, 3.8) is 0 Å². The number of hydrogen-bond donors (Lipinski definition) is 1.